The van der Waals surface area contributed by atoms with E-state index >= 15 is 0 Å². The van der Waals surface area contributed by atoms with Gasteiger partial charge in [-0.25, -0.2) is 13.9 Å². The van der Waals surface area contributed by atoms with Gasteiger partial charge in [-0.1, -0.05) is 0 Å². The number of aliphatic hydroxyl groups is 1. The van der Waals surface area contributed by atoms with Crippen molar-refractivity contribution in [1.82, 2.24) is 9.13 Å². The van der Waals surface area contributed by atoms with Crippen molar-refractivity contribution in [3.63, 3.8) is 0 Å². The van der Waals surface area contributed by atoms with E-state index in [-0.39, 0.29) is 12.0 Å². The lowest BCUT2D eigenvalue weighted by molar-refractivity contribution is -0.0453. The number of hydrogen-bond acceptors (Lipinski definition) is 10. The van der Waals surface area contributed by atoms with Gasteiger partial charge in [0.15, 0.2) is 0 Å². The largest absolute Gasteiger partial charge is 0.705 e. The van der Waals surface area contributed by atoms with Crippen molar-refractivity contribution in [2.45, 2.75) is 31.8 Å². The number of aromatic nitrogens is 2. The average molecular weight is 479 g/mol. The van der Waals surface area contributed by atoms with Gasteiger partial charge in [-0.2, -0.15) is 4.31 Å². The first-order chi connectivity index (χ1) is 13.2. The maximum atomic E-state index is 12.2. The second-order valence-electron chi connectivity index (χ2n) is 5.93. The molecule has 0 amide bonds. The van der Waals surface area contributed by atoms with E-state index in [0.29, 0.717) is 0 Å². The van der Waals surface area contributed by atoms with Crippen molar-refractivity contribution < 1.29 is 51.4 Å². The Morgan fingerprint density at radius 2 is 1.93 bits per heavy atom. The van der Waals surface area contributed by atoms with Crippen LogP contribution in [0, 0.1) is 6.92 Å². The molecule has 15 nitrogen and oxygen atoms in total. The number of phosphoric acid groups is 2. The molecule has 1 saturated heterocycles. The molecule has 2 heterocycles. The first kappa shape index (κ1) is 24.2. The summed E-state index contributed by atoms with van der Waals surface area (Å²) in [6.45, 7) is 0.662. The minimum Gasteiger partial charge on any atom is -0.390 e. The molecular formula is C11H18N2O13P3+. The number of aliphatic hydroxyl groups excluding tert-OH is 1. The number of rotatable bonds is 8. The quantitative estimate of drug-likeness (QED) is 0.344. The van der Waals surface area contributed by atoms with Crippen LogP contribution >= 0.6 is 23.9 Å². The van der Waals surface area contributed by atoms with Gasteiger partial charge in [0.1, 0.15) is 12.3 Å². The zero-order valence-corrected chi connectivity index (χ0v) is 17.6. The number of phosphoric ester groups is 1. The third-order valence-electron chi connectivity index (χ3n) is 3.78. The summed E-state index contributed by atoms with van der Waals surface area (Å²) in [6, 6.07) is 0. The smallest absolute Gasteiger partial charge is 0.390 e. The Morgan fingerprint density at radius 3 is 2.52 bits per heavy atom. The molecule has 6 atom stereocenters. The SMILES string of the molecule is Cc1cn([C@H]2CC(O)[C@@H](COP(=O)(O)OP(=O)(O)O[P+](=O)O)O2)c(=O)n(C)c1=O. The molecule has 0 aliphatic carbocycles. The molecule has 0 radical (unpaired) electrons. The first-order valence-electron chi connectivity index (χ1n) is 7.72. The molecular weight excluding hydrogens is 461 g/mol. The summed E-state index contributed by atoms with van der Waals surface area (Å²) in [4.78, 5) is 50.9. The van der Waals surface area contributed by atoms with Crippen molar-refractivity contribution in [2.75, 3.05) is 6.61 Å². The Labute approximate surface area is 163 Å². The molecule has 18 heteroatoms. The van der Waals surface area contributed by atoms with Gasteiger partial charge < -0.3 is 14.7 Å². The van der Waals surface area contributed by atoms with Gasteiger partial charge in [0.2, 0.25) is 0 Å². The van der Waals surface area contributed by atoms with Gasteiger partial charge in [0.05, 0.1) is 12.7 Å². The van der Waals surface area contributed by atoms with E-state index in [1.54, 1.807) is 0 Å². The minimum absolute atomic E-state index is 0.130. The molecule has 1 aliphatic rings. The number of ether oxygens (including phenoxy) is 1. The molecule has 1 aliphatic heterocycles. The van der Waals surface area contributed by atoms with Crippen LogP contribution < -0.4 is 11.2 Å². The Bertz CT molecular complexity index is 1000. The van der Waals surface area contributed by atoms with Gasteiger partial charge >= 0.3 is 29.6 Å². The van der Waals surface area contributed by atoms with Gasteiger partial charge in [-0.3, -0.25) is 23.3 Å². The summed E-state index contributed by atoms with van der Waals surface area (Å²) < 4.78 is 52.5. The fourth-order valence-electron chi connectivity index (χ4n) is 2.51. The summed E-state index contributed by atoms with van der Waals surface area (Å²) in [6.07, 6.45) is -2.44. The molecule has 0 spiro atoms. The maximum Gasteiger partial charge on any atom is 0.705 e. The third-order valence-corrected chi connectivity index (χ3v) is 7.29. The Kier molecular flexibility index (Phi) is 7.48. The Balaban J connectivity index is 2.07. The first-order valence-corrected chi connectivity index (χ1v) is 11.8. The molecule has 1 fully saturated rings. The molecule has 29 heavy (non-hydrogen) atoms. The van der Waals surface area contributed by atoms with Crippen LogP contribution in [-0.4, -0.2) is 47.7 Å². The van der Waals surface area contributed by atoms with Crippen LogP contribution in [0.25, 0.3) is 0 Å². The lowest BCUT2D eigenvalue weighted by Crippen LogP contribution is -2.40. The van der Waals surface area contributed by atoms with E-state index < -0.39 is 60.2 Å². The zero-order valence-electron chi connectivity index (χ0n) is 14.9. The summed E-state index contributed by atoms with van der Waals surface area (Å²) in [7, 11) is -13.0. The topological polar surface area (TPSA) is 213 Å². The second kappa shape index (κ2) is 8.96. The monoisotopic (exact) mass is 479 g/mol. The molecule has 4 unspecified atom stereocenters. The van der Waals surface area contributed by atoms with Crippen molar-refractivity contribution in [3.05, 3.63) is 32.6 Å². The molecule has 1 aromatic heterocycles. The van der Waals surface area contributed by atoms with Crippen molar-refractivity contribution in [1.29, 1.82) is 0 Å². The number of hydrogen-bond donors (Lipinski definition) is 4. The van der Waals surface area contributed by atoms with E-state index in [2.05, 4.69) is 13.1 Å². The van der Waals surface area contributed by atoms with Gasteiger partial charge in [-0.05, 0) is 11.2 Å². The Hall–Kier alpha value is -1.08. The molecule has 0 aromatic carbocycles. The predicted molar refractivity (Wildman–Crippen MR) is 92.8 cm³/mol. The van der Waals surface area contributed by atoms with Crippen LogP contribution in [0.3, 0.4) is 0 Å². The van der Waals surface area contributed by atoms with Crippen LogP contribution in [0.5, 0.6) is 0 Å². The minimum atomic E-state index is -5.38. The van der Waals surface area contributed by atoms with E-state index in [1.165, 1.54) is 20.2 Å². The van der Waals surface area contributed by atoms with Crippen LogP contribution in [-0.2, 0) is 38.6 Å². The molecule has 1 aromatic rings. The van der Waals surface area contributed by atoms with Crippen molar-refractivity contribution >= 4 is 23.9 Å². The van der Waals surface area contributed by atoms with Crippen molar-refractivity contribution in [3.8, 4) is 0 Å². The summed E-state index contributed by atoms with van der Waals surface area (Å²) in [5.41, 5.74) is -0.991. The summed E-state index contributed by atoms with van der Waals surface area (Å²) in [5, 5.41) is 10.1. The number of aryl methyl sites for hydroxylation is 1. The summed E-state index contributed by atoms with van der Waals surface area (Å²) in [5.74, 6) is 0. The molecule has 164 valence electrons. The van der Waals surface area contributed by atoms with Crippen LogP contribution in [0.2, 0.25) is 0 Å². The lowest BCUT2D eigenvalue weighted by Gasteiger charge is -2.18. The molecule has 0 bridgehead atoms. The van der Waals surface area contributed by atoms with Gasteiger partial charge in [-0.15, -0.1) is 4.89 Å². The van der Waals surface area contributed by atoms with E-state index in [1.807, 2.05) is 0 Å². The lowest BCUT2D eigenvalue weighted by atomic mass is 10.2. The average Bonchev–Trinajstić information content (AvgIpc) is 2.93. The molecule has 2 rings (SSSR count). The van der Waals surface area contributed by atoms with Crippen LogP contribution in [0.15, 0.2) is 15.8 Å². The van der Waals surface area contributed by atoms with Crippen LogP contribution in [0.4, 0.5) is 0 Å². The highest BCUT2D eigenvalue weighted by Gasteiger charge is 2.44. The molecule has 4 N–H and O–H groups in total. The number of nitrogens with zero attached hydrogens (tertiary/aromatic N) is 2. The Morgan fingerprint density at radius 1 is 1.31 bits per heavy atom. The van der Waals surface area contributed by atoms with E-state index in [4.69, 9.17) is 14.5 Å². The third kappa shape index (κ3) is 6.20. The molecule has 0 saturated carbocycles. The van der Waals surface area contributed by atoms with Crippen molar-refractivity contribution in [2.24, 2.45) is 7.05 Å². The second-order valence-corrected chi connectivity index (χ2v) is 9.85. The maximum absolute atomic E-state index is 12.2. The van der Waals surface area contributed by atoms with E-state index in [9.17, 15) is 33.3 Å². The van der Waals surface area contributed by atoms with Gasteiger partial charge in [0.25, 0.3) is 5.56 Å². The summed E-state index contributed by atoms with van der Waals surface area (Å²) >= 11 is 0. The highest BCUT2D eigenvalue weighted by Crippen LogP contribution is 2.63. The van der Waals surface area contributed by atoms with Crippen LogP contribution in [0.1, 0.15) is 18.2 Å². The standard InChI is InChI=1S/C11H17N2O13P3/c1-6-4-13(11(16)12(2)10(6)15)9-3-7(14)8(24-9)5-23-28(19,20)26-29(21,22)25-27(17)18/h4,7-9,14H,3,5H2,1-2H3,(H2-,17,18,19,20,21,22)/p+1/t7?,8-,9-/m1/s1. The zero-order chi connectivity index (χ0) is 22.1. The normalized spacial score (nSPS) is 26.7. The highest BCUT2D eigenvalue weighted by atomic mass is 31.3. The fraction of sp³-hybridized carbons (Fsp3) is 0.636. The van der Waals surface area contributed by atoms with E-state index in [0.717, 1.165) is 9.13 Å². The predicted octanol–water partition coefficient (Wildman–Crippen LogP) is -0.596. The highest BCUT2D eigenvalue weighted by molar-refractivity contribution is 7.64. The van der Waals surface area contributed by atoms with Gasteiger partial charge in [0, 0.05) is 29.8 Å². The fourth-order valence-corrected chi connectivity index (χ4v) is 5.17.